The van der Waals surface area contributed by atoms with Crippen LogP contribution >= 0.6 is 0 Å². The summed E-state index contributed by atoms with van der Waals surface area (Å²) in [4.78, 5) is 14.4. The van der Waals surface area contributed by atoms with Gasteiger partial charge in [-0.3, -0.25) is 4.79 Å². The fourth-order valence-electron chi connectivity index (χ4n) is 3.52. The van der Waals surface area contributed by atoms with Crippen LogP contribution in [0.5, 0.6) is 0 Å². The first-order valence-electron chi connectivity index (χ1n) is 8.50. The molecule has 4 rings (SSSR count). The summed E-state index contributed by atoms with van der Waals surface area (Å²) in [6.07, 6.45) is 0.289. The molecule has 0 saturated heterocycles. The lowest BCUT2D eigenvalue weighted by molar-refractivity contribution is -0.0878. The maximum absolute atomic E-state index is 13.2. The predicted octanol–water partition coefficient (Wildman–Crippen LogP) is 3.87. The van der Waals surface area contributed by atoms with Gasteiger partial charge < -0.3 is 10.0 Å². The van der Waals surface area contributed by atoms with E-state index in [1.165, 1.54) is 17.0 Å². The van der Waals surface area contributed by atoms with Crippen LogP contribution in [0.1, 0.15) is 27.0 Å². The number of benzene rings is 3. The maximum Gasteiger partial charge on any atom is 0.257 e. The van der Waals surface area contributed by atoms with E-state index < -0.39 is 5.72 Å². The van der Waals surface area contributed by atoms with E-state index in [0.29, 0.717) is 11.1 Å². The molecule has 3 aromatic rings. The van der Waals surface area contributed by atoms with Gasteiger partial charge in [-0.1, -0.05) is 60.7 Å². The molecule has 1 unspecified atom stereocenters. The Bertz CT molecular complexity index is 940. The maximum atomic E-state index is 13.2. The number of nitrogens with zero attached hydrogens (tertiary/aromatic N) is 1. The minimum absolute atomic E-state index is 0.205. The Morgan fingerprint density at radius 3 is 2.23 bits per heavy atom. The molecule has 0 spiro atoms. The molecule has 1 aliphatic rings. The molecule has 0 aliphatic carbocycles. The highest BCUT2D eigenvalue weighted by molar-refractivity contribution is 5.99. The number of carbonyl (C=O) groups excluding carboxylic acids is 1. The first kappa shape index (κ1) is 16.5. The topological polar surface area (TPSA) is 40.5 Å². The third-order valence-corrected chi connectivity index (χ3v) is 4.83. The lowest BCUT2D eigenvalue weighted by atomic mass is 9.94. The van der Waals surface area contributed by atoms with Crippen molar-refractivity contribution in [3.05, 3.63) is 107 Å². The lowest BCUT2D eigenvalue weighted by Crippen LogP contribution is -2.45. The fraction of sp³-hybridized carbons (Fsp3) is 0.136. The van der Waals surface area contributed by atoms with Crippen LogP contribution in [0.15, 0.2) is 78.9 Å². The molecule has 130 valence electrons. The average molecular weight is 347 g/mol. The molecule has 0 bridgehead atoms. The zero-order valence-electron chi connectivity index (χ0n) is 14.1. The number of fused-ring (bicyclic) bond motifs is 1. The van der Waals surface area contributed by atoms with Crippen LogP contribution in [0.2, 0.25) is 0 Å². The van der Waals surface area contributed by atoms with Crippen LogP contribution in [0, 0.1) is 5.82 Å². The normalized spacial score (nSPS) is 18.8. The summed E-state index contributed by atoms with van der Waals surface area (Å²) in [5, 5.41) is 11.6. The van der Waals surface area contributed by atoms with E-state index in [1.807, 2.05) is 36.4 Å². The van der Waals surface area contributed by atoms with Crippen LogP contribution in [0.4, 0.5) is 4.39 Å². The van der Waals surface area contributed by atoms with Gasteiger partial charge in [0.05, 0.1) is 0 Å². The standard InChI is InChI=1S/C22H18FNO2/c23-18-12-10-17(11-13-18)15-24-21(25)19-8-4-5-9-20(19)22(24,26)14-16-6-2-1-3-7-16/h1-13,26H,14-15H2. The Labute approximate surface area is 151 Å². The Balaban J connectivity index is 1.75. The van der Waals surface area contributed by atoms with Gasteiger partial charge in [0, 0.05) is 24.1 Å². The van der Waals surface area contributed by atoms with Gasteiger partial charge in [-0.05, 0) is 29.3 Å². The Morgan fingerprint density at radius 2 is 1.50 bits per heavy atom. The average Bonchev–Trinajstić information content (AvgIpc) is 2.86. The second-order valence-electron chi connectivity index (χ2n) is 6.54. The highest BCUT2D eigenvalue weighted by Gasteiger charge is 2.48. The molecule has 0 aromatic heterocycles. The first-order valence-corrected chi connectivity index (χ1v) is 8.50. The Hall–Kier alpha value is -2.98. The molecule has 3 aromatic carbocycles. The minimum Gasteiger partial charge on any atom is -0.366 e. The highest BCUT2D eigenvalue weighted by atomic mass is 19.1. The highest BCUT2D eigenvalue weighted by Crippen LogP contribution is 2.40. The molecule has 0 fully saturated rings. The third-order valence-electron chi connectivity index (χ3n) is 4.83. The van der Waals surface area contributed by atoms with Gasteiger partial charge in [0.1, 0.15) is 5.82 Å². The summed E-state index contributed by atoms with van der Waals surface area (Å²) in [6, 6.07) is 22.7. The van der Waals surface area contributed by atoms with Gasteiger partial charge in [0.15, 0.2) is 5.72 Å². The van der Waals surface area contributed by atoms with E-state index in [9.17, 15) is 14.3 Å². The first-order chi connectivity index (χ1) is 12.6. The third kappa shape index (κ3) is 2.78. The zero-order chi connectivity index (χ0) is 18.1. The molecule has 1 aliphatic heterocycles. The molecule has 26 heavy (non-hydrogen) atoms. The summed E-state index contributed by atoms with van der Waals surface area (Å²) >= 11 is 0. The van der Waals surface area contributed by atoms with Gasteiger partial charge in [-0.15, -0.1) is 0 Å². The molecular formula is C22H18FNO2. The Kier molecular flexibility index (Phi) is 4.05. The van der Waals surface area contributed by atoms with Crippen molar-refractivity contribution in [2.45, 2.75) is 18.7 Å². The summed E-state index contributed by atoms with van der Waals surface area (Å²) in [6.45, 7) is 0.205. The van der Waals surface area contributed by atoms with Gasteiger partial charge in [-0.2, -0.15) is 0 Å². The van der Waals surface area contributed by atoms with Gasteiger partial charge in [0.2, 0.25) is 0 Å². The molecule has 0 saturated carbocycles. The quantitative estimate of drug-likeness (QED) is 0.778. The zero-order valence-corrected chi connectivity index (χ0v) is 14.1. The summed E-state index contributed by atoms with van der Waals surface area (Å²) in [5.41, 5.74) is 1.37. The van der Waals surface area contributed by atoms with Gasteiger partial charge in [0.25, 0.3) is 5.91 Å². The van der Waals surface area contributed by atoms with E-state index in [0.717, 1.165) is 11.1 Å². The second-order valence-corrected chi connectivity index (χ2v) is 6.54. The van der Waals surface area contributed by atoms with E-state index >= 15 is 0 Å². The van der Waals surface area contributed by atoms with Crippen LogP contribution in [0.25, 0.3) is 0 Å². The van der Waals surface area contributed by atoms with Crippen LogP contribution in [-0.4, -0.2) is 15.9 Å². The van der Waals surface area contributed by atoms with Crippen molar-refractivity contribution in [3.63, 3.8) is 0 Å². The minimum atomic E-state index is -1.44. The molecule has 1 amide bonds. The van der Waals surface area contributed by atoms with E-state index in [-0.39, 0.29) is 24.7 Å². The van der Waals surface area contributed by atoms with Crippen molar-refractivity contribution in [2.75, 3.05) is 0 Å². The van der Waals surface area contributed by atoms with Gasteiger partial charge in [-0.25, -0.2) is 4.39 Å². The largest absolute Gasteiger partial charge is 0.366 e. The van der Waals surface area contributed by atoms with Crippen molar-refractivity contribution >= 4 is 5.91 Å². The second kappa shape index (κ2) is 6.39. The number of rotatable bonds is 4. The molecule has 3 nitrogen and oxygen atoms in total. The summed E-state index contributed by atoms with van der Waals surface area (Å²) in [7, 11) is 0. The van der Waals surface area contributed by atoms with E-state index in [1.54, 1.807) is 30.3 Å². The van der Waals surface area contributed by atoms with E-state index in [4.69, 9.17) is 0 Å². The molecule has 1 heterocycles. The summed E-state index contributed by atoms with van der Waals surface area (Å²) < 4.78 is 13.2. The lowest BCUT2D eigenvalue weighted by Gasteiger charge is -2.34. The molecule has 1 N–H and O–H groups in total. The number of hydrogen-bond acceptors (Lipinski definition) is 2. The predicted molar refractivity (Wildman–Crippen MR) is 96.8 cm³/mol. The van der Waals surface area contributed by atoms with Crippen molar-refractivity contribution < 1.29 is 14.3 Å². The van der Waals surface area contributed by atoms with Crippen LogP contribution < -0.4 is 0 Å². The van der Waals surface area contributed by atoms with Crippen molar-refractivity contribution in [3.8, 4) is 0 Å². The smallest absolute Gasteiger partial charge is 0.257 e. The fourth-order valence-corrected chi connectivity index (χ4v) is 3.52. The molecular weight excluding hydrogens is 329 g/mol. The van der Waals surface area contributed by atoms with Crippen molar-refractivity contribution in [1.82, 2.24) is 4.90 Å². The number of amides is 1. The monoisotopic (exact) mass is 347 g/mol. The summed E-state index contributed by atoms with van der Waals surface area (Å²) in [5.74, 6) is -0.548. The van der Waals surface area contributed by atoms with Gasteiger partial charge >= 0.3 is 0 Å². The SMILES string of the molecule is O=C1c2ccccc2C(O)(Cc2ccccc2)N1Cc1ccc(F)cc1. The molecule has 4 heteroatoms. The molecule has 1 atom stereocenters. The van der Waals surface area contributed by atoms with Crippen LogP contribution in [0.3, 0.4) is 0 Å². The van der Waals surface area contributed by atoms with Crippen molar-refractivity contribution in [2.24, 2.45) is 0 Å². The Morgan fingerprint density at radius 1 is 0.846 bits per heavy atom. The van der Waals surface area contributed by atoms with E-state index in [2.05, 4.69) is 0 Å². The number of aliphatic hydroxyl groups is 1. The number of halogens is 1. The number of hydrogen-bond donors (Lipinski definition) is 1. The van der Waals surface area contributed by atoms with Crippen LogP contribution in [-0.2, 0) is 18.7 Å². The van der Waals surface area contributed by atoms with Crippen molar-refractivity contribution in [1.29, 1.82) is 0 Å². The number of carbonyl (C=O) groups is 1. The molecule has 0 radical (unpaired) electrons.